The van der Waals surface area contributed by atoms with Crippen LogP contribution in [0.15, 0.2) is 18.3 Å². The molecule has 0 radical (unpaired) electrons. The van der Waals surface area contributed by atoms with Crippen LogP contribution < -0.4 is 5.32 Å². The maximum Gasteiger partial charge on any atom is 0.0645 e. The van der Waals surface area contributed by atoms with E-state index in [1.165, 1.54) is 5.69 Å². The molecule has 1 N–H and O–H groups in total. The maximum atomic E-state index is 5.63. The number of rotatable bonds is 7. The van der Waals surface area contributed by atoms with Gasteiger partial charge in [-0.05, 0) is 38.8 Å². The van der Waals surface area contributed by atoms with Crippen LogP contribution in [-0.4, -0.2) is 23.3 Å². The summed E-state index contributed by atoms with van der Waals surface area (Å²) in [5.74, 6) is 0.608. The fourth-order valence-corrected chi connectivity index (χ4v) is 1.67. The van der Waals surface area contributed by atoms with Crippen molar-refractivity contribution in [2.24, 2.45) is 5.92 Å². The minimum atomic E-state index is 0.156. The topological polar surface area (TPSA) is 26.2 Å². The predicted molar refractivity (Wildman–Crippen MR) is 76.7 cm³/mol. The third-order valence-electron chi connectivity index (χ3n) is 2.65. The van der Waals surface area contributed by atoms with Gasteiger partial charge < -0.3 is 14.6 Å². The van der Waals surface area contributed by atoms with Gasteiger partial charge in [-0.1, -0.05) is 13.8 Å². The highest BCUT2D eigenvalue weighted by atomic mass is 16.5. The van der Waals surface area contributed by atoms with E-state index < -0.39 is 0 Å². The first-order valence-corrected chi connectivity index (χ1v) is 6.85. The van der Waals surface area contributed by atoms with Gasteiger partial charge in [0, 0.05) is 37.1 Å². The molecule has 0 aliphatic heterocycles. The van der Waals surface area contributed by atoms with Gasteiger partial charge in [0.25, 0.3) is 0 Å². The summed E-state index contributed by atoms with van der Waals surface area (Å²) in [4.78, 5) is 0. The molecule has 18 heavy (non-hydrogen) atoms. The van der Waals surface area contributed by atoms with Crippen LogP contribution in [0, 0.1) is 5.92 Å². The number of nitrogens with one attached hydrogen (secondary N) is 1. The van der Waals surface area contributed by atoms with Crippen LogP contribution in [0.2, 0.25) is 0 Å². The van der Waals surface area contributed by atoms with Crippen LogP contribution in [-0.2, 0) is 17.8 Å². The van der Waals surface area contributed by atoms with E-state index in [9.17, 15) is 0 Å². The Kier molecular flexibility index (Phi) is 5.89. The van der Waals surface area contributed by atoms with Gasteiger partial charge in [-0.2, -0.15) is 0 Å². The van der Waals surface area contributed by atoms with E-state index in [0.717, 1.165) is 26.3 Å². The second kappa shape index (κ2) is 6.95. The van der Waals surface area contributed by atoms with Gasteiger partial charge in [0.1, 0.15) is 0 Å². The van der Waals surface area contributed by atoms with Crippen LogP contribution in [0.4, 0.5) is 0 Å². The molecule has 1 heterocycles. The van der Waals surface area contributed by atoms with Gasteiger partial charge in [-0.25, -0.2) is 0 Å². The molecule has 0 atom stereocenters. The molecule has 104 valence electrons. The van der Waals surface area contributed by atoms with Crippen LogP contribution >= 0.6 is 0 Å². The van der Waals surface area contributed by atoms with E-state index >= 15 is 0 Å². The van der Waals surface area contributed by atoms with Crippen molar-refractivity contribution in [2.45, 2.75) is 53.2 Å². The van der Waals surface area contributed by atoms with Crippen molar-refractivity contribution in [3.8, 4) is 0 Å². The zero-order chi connectivity index (χ0) is 13.6. The summed E-state index contributed by atoms with van der Waals surface area (Å²) in [5.41, 5.74) is 1.47. The molecular formula is C15H28N2O. The molecule has 0 aliphatic carbocycles. The Balaban J connectivity index is 2.35. The lowest BCUT2D eigenvalue weighted by atomic mass is 10.1. The zero-order valence-electron chi connectivity index (χ0n) is 12.5. The fourth-order valence-electron chi connectivity index (χ4n) is 1.67. The van der Waals surface area contributed by atoms with Crippen molar-refractivity contribution < 1.29 is 4.74 Å². The van der Waals surface area contributed by atoms with E-state index in [0.29, 0.717) is 5.92 Å². The van der Waals surface area contributed by atoms with Crippen molar-refractivity contribution in [2.75, 3.05) is 13.2 Å². The lowest BCUT2D eigenvalue weighted by Gasteiger charge is -2.21. The summed E-state index contributed by atoms with van der Waals surface area (Å²) >= 11 is 0. The van der Waals surface area contributed by atoms with Crippen molar-refractivity contribution in [1.82, 2.24) is 9.88 Å². The Bertz CT molecular complexity index is 337. The zero-order valence-corrected chi connectivity index (χ0v) is 12.5. The van der Waals surface area contributed by atoms with Gasteiger partial charge in [-0.3, -0.25) is 0 Å². The Morgan fingerprint density at radius 3 is 2.67 bits per heavy atom. The molecule has 0 fully saturated rings. The lowest BCUT2D eigenvalue weighted by molar-refractivity contribution is 0.102. The van der Waals surface area contributed by atoms with E-state index in [1.807, 2.05) is 0 Å². The number of ether oxygens (including phenoxy) is 1. The van der Waals surface area contributed by atoms with Gasteiger partial charge in [0.2, 0.25) is 0 Å². The molecule has 1 aromatic heterocycles. The van der Waals surface area contributed by atoms with Crippen molar-refractivity contribution in [3.63, 3.8) is 0 Å². The molecule has 0 aliphatic rings. The molecule has 0 saturated heterocycles. The first kappa shape index (κ1) is 15.3. The highest BCUT2D eigenvalue weighted by Crippen LogP contribution is 2.06. The minimum Gasteiger partial charge on any atom is -0.379 e. The van der Waals surface area contributed by atoms with Gasteiger partial charge in [0.05, 0.1) is 6.61 Å². The third kappa shape index (κ3) is 6.22. The van der Waals surface area contributed by atoms with Crippen LogP contribution in [0.5, 0.6) is 0 Å². The number of hydrogen-bond donors (Lipinski definition) is 1. The highest BCUT2D eigenvalue weighted by molar-refractivity contribution is 5.07. The molecule has 0 saturated carbocycles. The molecule has 0 aromatic carbocycles. The maximum absolute atomic E-state index is 5.63. The van der Waals surface area contributed by atoms with Crippen molar-refractivity contribution in [1.29, 1.82) is 0 Å². The molecule has 3 nitrogen and oxygen atoms in total. The number of nitrogens with zero attached hydrogens (tertiary/aromatic N) is 1. The minimum absolute atomic E-state index is 0.156. The first-order chi connectivity index (χ1) is 8.38. The average Bonchev–Trinajstić information content (AvgIpc) is 2.68. The standard InChI is InChI=1S/C15H28N2O/c1-13(2)12-18-10-9-17-8-6-7-14(17)11-16-15(3,4)5/h6-8,13,16H,9-12H2,1-5H3. The highest BCUT2D eigenvalue weighted by Gasteiger charge is 2.09. The third-order valence-corrected chi connectivity index (χ3v) is 2.65. The molecule has 0 unspecified atom stereocenters. The van der Waals surface area contributed by atoms with Crippen LogP contribution in [0.3, 0.4) is 0 Å². The van der Waals surface area contributed by atoms with Gasteiger partial charge in [0.15, 0.2) is 0 Å². The average molecular weight is 252 g/mol. The smallest absolute Gasteiger partial charge is 0.0645 e. The Labute approximate surface area is 112 Å². The second-order valence-electron chi connectivity index (χ2n) is 6.27. The van der Waals surface area contributed by atoms with E-state index in [1.54, 1.807) is 0 Å². The largest absolute Gasteiger partial charge is 0.379 e. The monoisotopic (exact) mass is 252 g/mol. The summed E-state index contributed by atoms with van der Waals surface area (Å²) < 4.78 is 7.89. The van der Waals surface area contributed by atoms with Crippen LogP contribution in [0.25, 0.3) is 0 Å². The van der Waals surface area contributed by atoms with E-state index in [4.69, 9.17) is 4.74 Å². The molecular weight excluding hydrogens is 224 g/mol. The Hall–Kier alpha value is -0.800. The summed E-state index contributed by atoms with van der Waals surface area (Å²) in [6.45, 7) is 14.4. The molecule has 0 bridgehead atoms. The normalized spacial score (nSPS) is 12.3. The van der Waals surface area contributed by atoms with E-state index in [-0.39, 0.29) is 5.54 Å². The van der Waals surface area contributed by atoms with Crippen molar-refractivity contribution in [3.05, 3.63) is 24.0 Å². The van der Waals surface area contributed by atoms with Gasteiger partial charge in [-0.15, -0.1) is 0 Å². The fraction of sp³-hybridized carbons (Fsp3) is 0.733. The van der Waals surface area contributed by atoms with E-state index in [2.05, 4.69) is 62.8 Å². The molecule has 3 heteroatoms. The first-order valence-electron chi connectivity index (χ1n) is 6.85. The quantitative estimate of drug-likeness (QED) is 0.755. The second-order valence-corrected chi connectivity index (χ2v) is 6.27. The Morgan fingerprint density at radius 1 is 1.33 bits per heavy atom. The SMILES string of the molecule is CC(C)COCCn1cccc1CNC(C)(C)C. The molecule has 1 aromatic rings. The summed E-state index contributed by atoms with van der Waals surface area (Å²) in [6.07, 6.45) is 2.12. The Morgan fingerprint density at radius 2 is 2.06 bits per heavy atom. The summed E-state index contributed by atoms with van der Waals surface area (Å²) in [6, 6.07) is 4.27. The molecule has 1 rings (SSSR count). The van der Waals surface area contributed by atoms with Crippen LogP contribution in [0.1, 0.15) is 40.3 Å². The van der Waals surface area contributed by atoms with Gasteiger partial charge >= 0.3 is 0 Å². The predicted octanol–water partition coefficient (Wildman–Crippen LogP) is 3.05. The lowest BCUT2D eigenvalue weighted by Crippen LogP contribution is -2.35. The van der Waals surface area contributed by atoms with Crippen molar-refractivity contribution >= 4 is 0 Å². The summed E-state index contributed by atoms with van der Waals surface area (Å²) in [5, 5.41) is 3.51. The molecule has 0 amide bonds. The number of aromatic nitrogens is 1. The number of hydrogen-bond acceptors (Lipinski definition) is 2. The molecule has 0 spiro atoms. The summed E-state index contributed by atoms with van der Waals surface area (Å²) in [7, 11) is 0.